The van der Waals surface area contributed by atoms with Gasteiger partial charge in [0.15, 0.2) is 0 Å². The van der Waals surface area contributed by atoms with Gasteiger partial charge in [0.25, 0.3) is 0 Å². The van der Waals surface area contributed by atoms with Crippen molar-refractivity contribution in [3.05, 3.63) is 34.1 Å². The molecule has 0 N–H and O–H groups in total. The van der Waals surface area contributed by atoms with E-state index in [9.17, 15) is 4.39 Å². The highest BCUT2D eigenvalue weighted by atomic mass is 35.5. The van der Waals surface area contributed by atoms with Gasteiger partial charge in [-0.3, -0.25) is 0 Å². The van der Waals surface area contributed by atoms with Gasteiger partial charge in [0, 0.05) is 5.02 Å². The monoisotopic (exact) mass is 168 g/mol. The van der Waals surface area contributed by atoms with Crippen molar-refractivity contribution in [3.63, 3.8) is 0 Å². The fourth-order valence-electron chi connectivity index (χ4n) is 0.768. The Morgan fingerprint density at radius 1 is 1.55 bits per heavy atom. The molecule has 0 aliphatic heterocycles. The highest BCUT2D eigenvalue weighted by Gasteiger charge is 2.02. The predicted molar refractivity (Wildman–Crippen MR) is 44.1 cm³/mol. The number of hydrogen-bond donors (Lipinski definition) is 0. The van der Waals surface area contributed by atoms with E-state index >= 15 is 0 Å². The Labute approximate surface area is 70.0 Å². The molecule has 0 aliphatic rings. The highest BCUT2D eigenvalue weighted by Crippen LogP contribution is 2.18. The molecule has 0 saturated carbocycles. The molecule has 11 heavy (non-hydrogen) atoms. The molecule has 2 heteroatoms. The molecule has 1 rings (SSSR count). The largest absolute Gasteiger partial charge is 0.206 e. The van der Waals surface area contributed by atoms with Gasteiger partial charge in [0.1, 0.15) is 5.82 Å². The van der Waals surface area contributed by atoms with Crippen LogP contribution < -0.4 is 0 Å². The Hall–Kier alpha value is -1.00. The van der Waals surface area contributed by atoms with Gasteiger partial charge < -0.3 is 0 Å². The average Bonchev–Trinajstić information content (AvgIpc) is 1.97. The first-order valence-electron chi connectivity index (χ1n) is 3.07. The highest BCUT2D eigenvalue weighted by molar-refractivity contribution is 6.31. The standard InChI is InChI=1S/C9H6ClF/c1-3-7-4-6(2)8(10)5-9(7)11/h1,4-5H,2H3. The van der Waals surface area contributed by atoms with Gasteiger partial charge in [-0.1, -0.05) is 17.5 Å². The van der Waals surface area contributed by atoms with Crippen molar-refractivity contribution in [2.24, 2.45) is 0 Å². The maximum absolute atomic E-state index is 12.8. The lowest BCUT2D eigenvalue weighted by Crippen LogP contribution is -1.85. The molecule has 0 nitrogen and oxygen atoms in total. The molecule has 0 bridgehead atoms. The summed E-state index contributed by atoms with van der Waals surface area (Å²) in [5, 5.41) is 0.404. The molecule has 0 saturated heterocycles. The normalized spacial score (nSPS) is 9.27. The number of aryl methyl sites for hydroxylation is 1. The predicted octanol–water partition coefficient (Wildman–Crippen LogP) is 2.77. The van der Waals surface area contributed by atoms with E-state index in [4.69, 9.17) is 18.0 Å². The lowest BCUT2D eigenvalue weighted by Gasteiger charge is -1.99. The van der Waals surface area contributed by atoms with Crippen molar-refractivity contribution >= 4 is 11.6 Å². The maximum atomic E-state index is 12.8. The minimum Gasteiger partial charge on any atom is -0.206 e. The maximum Gasteiger partial charge on any atom is 0.140 e. The molecule has 0 fully saturated rings. The summed E-state index contributed by atoms with van der Waals surface area (Å²) in [7, 11) is 0. The Morgan fingerprint density at radius 2 is 2.18 bits per heavy atom. The van der Waals surface area contributed by atoms with Gasteiger partial charge in [-0.15, -0.1) is 6.42 Å². The van der Waals surface area contributed by atoms with E-state index in [2.05, 4.69) is 5.92 Å². The Balaban J connectivity index is 3.35. The second kappa shape index (κ2) is 2.94. The topological polar surface area (TPSA) is 0 Å². The van der Waals surface area contributed by atoms with Crippen LogP contribution in [0.1, 0.15) is 11.1 Å². The Bertz CT molecular complexity index is 323. The van der Waals surface area contributed by atoms with Crippen molar-refractivity contribution in [1.29, 1.82) is 0 Å². The summed E-state index contributed by atoms with van der Waals surface area (Å²) < 4.78 is 12.8. The summed E-state index contributed by atoms with van der Waals surface area (Å²) in [6.07, 6.45) is 5.04. The smallest absolute Gasteiger partial charge is 0.140 e. The van der Waals surface area contributed by atoms with Crippen molar-refractivity contribution in [3.8, 4) is 12.3 Å². The molecule has 0 aliphatic carbocycles. The fraction of sp³-hybridized carbons (Fsp3) is 0.111. The van der Waals surface area contributed by atoms with Crippen molar-refractivity contribution in [2.45, 2.75) is 6.92 Å². The number of terminal acetylenes is 1. The van der Waals surface area contributed by atoms with Crippen LogP contribution in [0.5, 0.6) is 0 Å². The van der Waals surface area contributed by atoms with Crippen LogP contribution in [-0.2, 0) is 0 Å². The van der Waals surface area contributed by atoms with Crippen molar-refractivity contribution < 1.29 is 4.39 Å². The molecule has 0 aromatic heterocycles. The SMILES string of the molecule is C#Cc1cc(C)c(Cl)cc1F. The van der Waals surface area contributed by atoms with Crippen LogP contribution in [-0.4, -0.2) is 0 Å². The summed E-state index contributed by atoms with van der Waals surface area (Å²) >= 11 is 5.63. The first-order chi connectivity index (χ1) is 5.15. The molecule has 0 atom stereocenters. The van der Waals surface area contributed by atoms with E-state index in [0.717, 1.165) is 5.56 Å². The number of halogens is 2. The molecular weight excluding hydrogens is 163 g/mol. The van der Waals surface area contributed by atoms with Gasteiger partial charge in [0.05, 0.1) is 5.56 Å². The van der Waals surface area contributed by atoms with Crippen LogP contribution in [0.4, 0.5) is 4.39 Å². The first-order valence-corrected chi connectivity index (χ1v) is 3.45. The van der Waals surface area contributed by atoms with E-state index in [0.29, 0.717) is 5.02 Å². The van der Waals surface area contributed by atoms with Gasteiger partial charge in [-0.2, -0.15) is 0 Å². The molecule has 0 spiro atoms. The molecule has 1 aromatic rings. The lowest BCUT2D eigenvalue weighted by atomic mass is 10.1. The van der Waals surface area contributed by atoms with Crippen LogP contribution in [0.2, 0.25) is 5.02 Å². The van der Waals surface area contributed by atoms with Gasteiger partial charge in [0.2, 0.25) is 0 Å². The second-order valence-corrected chi connectivity index (χ2v) is 2.63. The fourth-order valence-corrected chi connectivity index (χ4v) is 0.918. The molecule has 0 unspecified atom stereocenters. The zero-order chi connectivity index (χ0) is 8.43. The Kier molecular flexibility index (Phi) is 2.16. The molecule has 1 aromatic carbocycles. The zero-order valence-electron chi connectivity index (χ0n) is 5.99. The summed E-state index contributed by atoms with van der Waals surface area (Å²) in [5.74, 6) is 1.79. The third kappa shape index (κ3) is 1.53. The van der Waals surface area contributed by atoms with Crippen LogP contribution in [0.25, 0.3) is 0 Å². The molecular formula is C9H6ClF. The van der Waals surface area contributed by atoms with Crippen molar-refractivity contribution in [1.82, 2.24) is 0 Å². The van der Waals surface area contributed by atoms with Crippen LogP contribution >= 0.6 is 11.6 Å². The minimum absolute atomic E-state index is 0.256. The molecule has 0 heterocycles. The van der Waals surface area contributed by atoms with Crippen LogP contribution in [0.3, 0.4) is 0 Å². The summed E-state index contributed by atoms with van der Waals surface area (Å²) in [6, 6.07) is 2.78. The van der Waals surface area contributed by atoms with E-state index in [1.165, 1.54) is 6.07 Å². The van der Waals surface area contributed by atoms with E-state index in [1.54, 1.807) is 13.0 Å². The van der Waals surface area contributed by atoms with Crippen LogP contribution in [0, 0.1) is 25.1 Å². The molecule has 56 valence electrons. The van der Waals surface area contributed by atoms with Gasteiger partial charge in [-0.25, -0.2) is 4.39 Å². The third-order valence-electron chi connectivity index (χ3n) is 1.40. The van der Waals surface area contributed by atoms with E-state index in [1.807, 2.05) is 0 Å². The van der Waals surface area contributed by atoms with Crippen LogP contribution in [0.15, 0.2) is 12.1 Å². The quantitative estimate of drug-likeness (QED) is 0.523. The third-order valence-corrected chi connectivity index (χ3v) is 1.81. The first kappa shape index (κ1) is 8.10. The summed E-state index contributed by atoms with van der Waals surface area (Å²) in [5.41, 5.74) is 1.05. The molecule has 0 radical (unpaired) electrons. The van der Waals surface area contributed by atoms with E-state index in [-0.39, 0.29) is 5.56 Å². The van der Waals surface area contributed by atoms with Gasteiger partial charge in [-0.05, 0) is 24.6 Å². The zero-order valence-corrected chi connectivity index (χ0v) is 6.74. The minimum atomic E-state index is -0.442. The van der Waals surface area contributed by atoms with Gasteiger partial charge >= 0.3 is 0 Å². The number of benzene rings is 1. The van der Waals surface area contributed by atoms with Crippen molar-refractivity contribution in [2.75, 3.05) is 0 Å². The average molecular weight is 169 g/mol. The lowest BCUT2D eigenvalue weighted by molar-refractivity contribution is 0.624. The summed E-state index contributed by atoms with van der Waals surface area (Å²) in [6.45, 7) is 1.78. The molecule has 0 amide bonds. The Morgan fingerprint density at radius 3 is 2.73 bits per heavy atom. The number of rotatable bonds is 0. The number of hydrogen-bond acceptors (Lipinski definition) is 0. The summed E-state index contributed by atoms with van der Waals surface area (Å²) in [4.78, 5) is 0. The second-order valence-electron chi connectivity index (χ2n) is 2.23. The van der Waals surface area contributed by atoms with E-state index < -0.39 is 5.82 Å².